The summed E-state index contributed by atoms with van der Waals surface area (Å²) in [6.45, 7) is 1.29. The summed E-state index contributed by atoms with van der Waals surface area (Å²) in [5.74, 6) is 0.961. The van der Waals surface area contributed by atoms with Gasteiger partial charge in [0.25, 0.3) is 0 Å². The number of thioether (sulfide) groups is 1. The average molecular weight is 423 g/mol. The molecule has 148 valence electrons. The van der Waals surface area contributed by atoms with E-state index in [1.807, 2.05) is 13.0 Å². The number of halogens is 2. The Balaban J connectivity index is 1.77. The van der Waals surface area contributed by atoms with Crippen LogP contribution >= 0.6 is 23.4 Å². The van der Waals surface area contributed by atoms with Crippen LogP contribution in [-0.2, 0) is 12.0 Å². The number of hydrogen-bond acceptors (Lipinski definition) is 7. The van der Waals surface area contributed by atoms with Gasteiger partial charge in [0.05, 0.1) is 16.9 Å². The molecule has 1 aliphatic heterocycles. The highest BCUT2D eigenvalue weighted by Gasteiger charge is 2.31. The maximum absolute atomic E-state index is 12.7. The SMILES string of the molecule is C[C@@]1(c2cc(CC(=O)c3ncc(OCCF)cc3Cl)ccn2)CCSC(N)=N1. The Morgan fingerprint density at radius 3 is 2.96 bits per heavy atom. The van der Waals surface area contributed by atoms with Gasteiger partial charge < -0.3 is 10.5 Å². The molecular formula is C19H20ClFN4O2S. The van der Waals surface area contributed by atoms with E-state index in [-0.39, 0.29) is 29.5 Å². The highest BCUT2D eigenvalue weighted by molar-refractivity contribution is 8.13. The number of carbonyl (C=O) groups excluding carboxylic acids is 1. The Hall–Kier alpha value is -2.19. The van der Waals surface area contributed by atoms with Crippen molar-refractivity contribution in [2.45, 2.75) is 25.3 Å². The number of pyridine rings is 2. The van der Waals surface area contributed by atoms with E-state index < -0.39 is 12.2 Å². The lowest BCUT2D eigenvalue weighted by atomic mass is 9.92. The van der Waals surface area contributed by atoms with Gasteiger partial charge in [0, 0.05) is 24.4 Å². The zero-order chi connectivity index (χ0) is 20.1. The zero-order valence-corrected chi connectivity index (χ0v) is 16.9. The molecule has 0 saturated heterocycles. The Kier molecular flexibility index (Phi) is 6.51. The summed E-state index contributed by atoms with van der Waals surface area (Å²) in [6, 6.07) is 5.12. The summed E-state index contributed by atoms with van der Waals surface area (Å²) in [5, 5.41) is 0.715. The first kappa shape index (κ1) is 20.5. The van der Waals surface area contributed by atoms with Gasteiger partial charge in [-0.15, -0.1) is 0 Å². The van der Waals surface area contributed by atoms with Gasteiger partial charge in [-0.3, -0.25) is 9.78 Å². The monoisotopic (exact) mass is 422 g/mol. The van der Waals surface area contributed by atoms with Crippen molar-refractivity contribution in [3.63, 3.8) is 0 Å². The molecule has 0 aromatic carbocycles. The van der Waals surface area contributed by atoms with Crippen LogP contribution in [0.3, 0.4) is 0 Å². The van der Waals surface area contributed by atoms with Crippen LogP contribution in [0.25, 0.3) is 0 Å². The molecule has 0 bridgehead atoms. The molecule has 9 heteroatoms. The van der Waals surface area contributed by atoms with Gasteiger partial charge in [0.15, 0.2) is 11.0 Å². The summed E-state index contributed by atoms with van der Waals surface area (Å²) in [7, 11) is 0. The maximum Gasteiger partial charge on any atom is 0.187 e. The molecule has 3 heterocycles. The largest absolute Gasteiger partial charge is 0.489 e. The Bertz CT molecular complexity index is 911. The van der Waals surface area contributed by atoms with E-state index in [4.69, 9.17) is 22.1 Å². The molecule has 1 atom stereocenters. The Morgan fingerprint density at radius 1 is 1.43 bits per heavy atom. The number of ether oxygens (including phenoxy) is 1. The summed E-state index contributed by atoms with van der Waals surface area (Å²) < 4.78 is 17.3. The second kappa shape index (κ2) is 8.87. The van der Waals surface area contributed by atoms with E-state index in [0.717, 1.165) is 23.4 Å². The van der Waals surface area contributed by atoms with E-state index in [1.165, 1.54) is 24.0 Å². The lowest BCUT2D eigenvalue weighted by Crippen LogP contribution is -2.29. The topological polar surface area (TPSA) is 90.5 Å². The summed E-state index contributed by atoms with van der Waals surface area (Å²) >= 11 is 7.68. The normalized spacial score (nSPS) is 19.2. The molecule has 0 radical (unpaired) electrons. The van der Waals surface area contributed by atoms with Crippen LogP contribution in [0.4, 0.5) is 4.39 Å². The first-order chi connectivity index (χ1) is 13.4. The second-order valence-corrected chi connectivity index (χ2v) is 8.03. The van der Waals surface area contributed by atoms with Gasteiger partial charge in [0.1, 0.15) is 30.3 Å². The van der Waals surface area contributed by atoms with Gasteiger partial charge in [-0.25, -0.2) is 14.4 Å². The average Bonchev–Trinajstić information content (AvgIpc) is 2.66. The Morgan fingerprint density at radius 2 is 2.25 bits per heavy atom. The molecule has 2 aromatic heterocycles. The highest BCUT2D eigenvalue weighted by atomic mass is 35.5. The zero-order valence-electron chi connectivity index (χ0n) is 15.3. The lowest BCUT2D eigenvalue weighted by molar-refractivity contribution is 0.0988. The first-order valence-corrected chi connectivity index (χ1v) is 10.1. The molecule has 0 spiro atoms. The van der Waals surface area contributed by atoms with Crippen LogP contribution in [-0.4, -0.2) is 40.0 Å². The second-order valence-electron chi connectivity index (χ2n) is 6.51. The van der Waals surface area contributed by atoms with Crippen molar-refractivity contribution in [1.29, 1.82) is 0 Å². The molecule has 2 aromatic rings. The van der Waals surface area contributed by atoms with Crippen molar-refractivity contribution in [3.05, 3.63) is 52.6 Å². The van der Waals surface area contributed by atoms with Crippen LogP contribution in [0.2, 0.25) is 5.02 Å². The number of aliphatic imine (C=N–C) groups is 1. The molecule has 0 saturated carbocycles. The lowest BCUT2D eigenvalue weighted by Gasteiger charge is -2.28. The predicted octanol–water partition coefficient (Wildman–Crippen LogP) is 3.57. The van der Waals surface area contributed by atoms with Crippen molar-refractivity contribution >= 4 is 34.3 Å². The molecule has 2 N–H and O–H groups in total. The third-order valence-electron chi connectivity index (χ3n) is 4.36. The number of Topliss-reactive ketones (excluding diaryl/α,β-unsaturated/α-hetero) is 1. The van der Waals surface area contributed by atoms with E-state index in [2.05, 4.69) is 15.0 Å². The smallest absolute Gasteiger partial charge is 0.187 e. The van der Waals surface area contributed by atoms with Crippen LogP contribution in [0.5, 0.6) is 5.75 Å². The Labute approximate surface area is 171 Å². The van der Waals surface area contributed by atoms with Gasteiger partial charge >= 0.3 is 0 Å². The number of nitrogens with two attached hydrogens (primary N) is 1. The van der Waals surface area contributed by atoms with E-state index in [0.29, 0.717) is 10.9 Å². The van der Waals surface area contributed by atoms with Crippen LogP contribution < -0.4 is 10.5 Å². The summed E-state index contributed by atoms with van der Waals surface area (Å²) in [5.41, 5.74) is 7.09. The molecule has 0 amide bonds. The minimum atomic E-state index is -0.615. The molecule has 0 fully saturated rings. The van der Waals surface area contributed by atoms with E-state index in [1.54, 1.807) is 12.3 Å². The quantitative estimate of drug-likeness (QED) is 0.686. The van der Waals surface area contributed by atoms with Crippen LogP contribution in [0, 0.1) is 0 Å². The van der Waals surface area contributed by atoms with Gasteiger partial charge in [-0.05, 0) is 31.0 Å². The van der Waals surface area contributed by atoms with Gasteiger partial charge in [-0.2, -0.15) is 0 Å². The van der Waals surface area contributed by atoms with Crippen molar-refractivity contribution in [2.75, 3.05) is 19.0 Å². The molecule has 1 aliphatic rings. The number of hydrogen-bond donors (Lipinski definition) is 1. The van der Waals surface area contributed by atoms with Gasteiger partial charge in [0.2, 0.25) is 0 Å². The molecule has 3 rings (SSSR count). The molecule has 28 heavy (non-hydrogen) atoms. The van der Waals surface area contributed by atoms with E-state index in [9.17, 15) is 9.18 Å². The number of alkyl halides is 1. The van der Waals surface area contributed by atoms with Gasteiger partial charge in [-0.1, -0.05) is 23.4 Å². The molecule has 0 unspecified atom stereocenters. The third-order valence-corrected chi connectivity index (χ3v) is 5.45. The fraction of sp³-hybridized carbons (Fsp3) is 0.368. The van der Waals surface area contributed by atoms with Crippen molar-refractivity contribution in [2.24, 2.45) is 10.7 Å². The fourth-order valence-corrected chi connectivity index (χ4v) is 4.12. The molecular weight excluding hydrogens is 403 g/mol. The summed E-state index contributed by atoms with van der Waals surface area (Å²) in [4.78, 5) is 25.7. The standard InChI is InChI=1S/C19H20ClFN4O2S/c1-19(3-7-28-18(22)25-19)16-9-12(2-5-23-16)8-15(26)17-14(20)10-13(11-24-17)27-6-4-21/h2,5,9-11H,3-4,6-8H2,1H3,(H2,22,25)/t19-/m0/s1. The number of carbonyl (C=O) groups is 1. The minimum Gasteiger partial charge on any atom is -0.489 e. The number of nitrogens with zero attached hydrogens (tertiary/aromatic N) is 3. The first-order valence-electron chi connectivity index (χ1n) is 8.72. The number of aromatic nitrogens is 2. The van der Waals surface area contributed by atoms with E-state index >= 15 is 0 Å². The van der Waals surface area contributed by atoms with Crippen molar-refractivity contribution < 1.29 is 13.9 Å². The minimum absolute atomic E-state index is 0.0879. The number of amidine groups is 1. The van der Waals surface area contributed by atoms with Crippen molar-refractivity contribution in [1.82, 2.24) is 9.97 Å². The number of ketones is 1. The van der Waals surface area contributed by atoms with Crippen LogP contribution in [0.15, 0.2) is 35.6 Å². The highest BCUT2D eigenvalue weighted by Crippen LogP contribution is 2.34. The number of rotatable bonds is 7. The molecule has 0 aliphatic carbocycles. The third kappa shape index (κ3) is 4.80. The maximum atomic E-state index is 12.7. The fourth-order valence-electron chi connectivity index (χ4n) is 2.88. The van der Waals surface area contributed by atoms with Crippen LogP contribution in [0.1, 0.15) is 35.1 Å². The molecule has 6 nitrogen and oxygen atoms in total. The van der Waals surface area contributed by atoms with Crippen molar-refractivity contribution in [3.8, 4) is 5.75 Å². The predicted molar refractivity (Wildman–Crippen MR) is 109 cm³/mol. The summed E-state index contributed by atoms with van der Waals surface area (Å²) in [6.07, 6.45) is 3.97.